The van der Waals surface area contributed by atoms with Gasteiger partial charge in [-0.1, -0.05) is 30.3 Å². The van der Waals surface area contributed by atoms with Crippen LogP contribution >= 0.6 is 0 Å². The molecule has 0 unspecified atom stereocenters. The Morgan fingerprint density at radius 1 is 1.26 bits per heavy atom. The zero-order chi connectivity index (χ0) is 13.5. The highest BCUT2D eigenvalue weighted by atomic mass is 16.2. The molecule has 1 aromatic carbocycles. The number of hydrogen-bond acceptors (Lipinski definition) is 4. The highest BCUT2D eigenvalue weighted by molar-refractivity contribution is 5.93. The topological polar surface area (TPSA) is 72.0 Å². The monoisotopic (exact) mass is 255 g/mol. The first-order valence-corrected chi connectivity index (χ1v) is 5.85. The minimum Gasteiger partial charge on any atom is -0.341 e. The van der Waals surface area contributed by atoms with Gasteiger partial charge in [-0.25, -0.2) is 4.98 Å². The molecule has 1 amide bonds. The molecule has 2 rings (SSSR count). The van der Waals surface area contributed by atoms with Gasteiger partial charge in [0.2, 0.25) is 0 Å². The fourth-order valence-electron chi connectivity index (χ4n) is 1.66. The lowest BCUT2D eigenvalue weighted by atomic mass is 10.1. The molecule has 0 saturated carbocycles. The van der Waals surface area contributed by atoms with Gasteiger partial charge in [0.15, 0.2) is 0 Å². The number of amides is 1. The fourth-order valence-corrected chi connectivity index (χ4v) is 1.66. The average Bonchev–Trinajstić information content (AvgIpc) is 2.48. The number of hydrogen-bond donors (Lipinski definition) is 1. The molecule has 96 valence electrons. The largest absolute Gasteiger partial charge is 0.341 e. The molecular formula is C14H13N3O2. The maximum absolute atomic E-state index is 11.8. The van der Waals surface area contributed by atoms with Gasteiger partial charge in [0, 0.05) is 12.4 Å². The second-order valence-electron chi connectivity index (χ2n) is 4.00. The normalized spacial score (nSPS) is 11.6. The second kappa shape index (κ2) is 6.39. The Morgan fingerprint density at radius 3 is 2.68 bits per heavy atom. The lowest BCUT2D eigenvalue weighted by Crippen LogP contribution is -2.38. The first kappa shape index (κ1) is 12.9. The van der Waals surface area contributed by atoms with E-state index in [4.69, 9.17) is 0 Å². The van der Waals surface area contributed by atoms with Crippen LogP contribution < -0.4 is 5.32 Å². The van der Waals surface area contributed by atoms with Gasteiger partial charge in [0.1, 0.15) is 12.0 Å². The number of rotatable bonds is 5. The third-order valence-corrected chi connectivity index (χ3v) is 2.58. The van der Waals surface area contributed by atoms with E-state index < -0.39 is 11.9 Å². The van der Waals surface area contributed by atoms with Gasteiger partial charge < -0.3 is 10.1 Å². The van der Waals surface area contributed by atoms with Gasteiger partial charge in [0.05, 0.1) is 12.2 Å². The van der Waals surface area contributed by atoms with Gasteiger partial charge in [-0.15, -0.1) is 0 Å². The zero-order valence-corrected chi connectivity index (χ0v) is 10.2. The summed E-state index contributed by atoms with van der Waals surface area (Å²) in [7, 11) is 0. The number of nitrogens with zero attached hydrogens (tertiary/aromatic N) is 2. The highest BCUT2D eigenvalue weighted by Crippen LogP contribution is 2.02. The number of carbonyl (C=O) groups is 2. The molecule has 0 bridgehead atoms. The summed E-state index contributed by atoms with van der Waals surface area (Å²) < 4.78 is 0. The Morgan fingerprint density at radius 2 is 2.05 bits per heavy atom. The Bertz CT molecular complexity index is 543. The van der Waals surface area contributed by atoms with E-state index in [-0.39, 0.29) is 5.69 Å². The first-order chi connectivity index (χ1) is 9.29. The SMILES string of the molecule is O=C[C@H](Cc1ccccc1)NC(=O)c1cnccn1. The minimum absolute atomic E-state index is 0.197. The minimum atomic E-state index is -0.572. The van der Waals surface area contributed by atoms with Crippen LogP contribution in [0.2, 0.25) is 0 Å². The molecule has 0 fully saturated rings. The average molecular weight is 255 g/mol. The van der Waals surface area contributed by atoms with Crippen molar-refractivity contribution in [3.63, 3.8) is 0 Å². The van der Waals surface area contributed by atoms with Crippen LogP contribution in [0.1, 0.15) is 16.1 Å². The maximum atomic E-state index is 11.8. The molecule has 1 atom stereocenters. The zero-order valence-electron chi connectivity index (χ0n) is 10.2. The number of aldehydes is 1. The van der Waals surface area contributed by atoms with E-state index in [1.165, 1.54) is 18.6 Å². The van der Waals surface area contributed by atoms with E-state index in [9.17, 15) is 9.59 Å². The van der Waals surface area contributed by atoms with Crippen molar-refractivity contribution < 1.29 is 9.59 Å². The Balaban J connectivity index is 2.00. The summed E-state index contributed by atoms with van der Waals surface area (Å²) in [5.41, 5.74) is 1.18. The summed E-state index contributed by atoms with van der Waals surface area (Å²) in [5.74, 6) is -0.402. The summed E-state index contributed by atoms with van der Waals surface area (Å²) in [6.45, 7) is 0. The molecule has 1 heterocycles. The third kappa shape index (κ3) is 3.70. The number of carbonyl (C=O) groups excluding carboxylic acids is 2. The van der Waals surface area contributed by atoms with Crippen LogP contribution in [0.5, 0.6) is 0 Å². The summed E-state index contributed by atoms with van der Waals surface area (Å²) in [6, 6.07) is 8.92. The summed E-state index contributed by atoms with van der Waals surface area (Å²) in [5, 5.41) is 2.62. The molecule has 19 heavy (non-hydrogen) atoms. The summed E-state index contributed by atoms with van der Waals surface area (Å²) in [6.07, 6.45) is 5.46. The molecule has 5 heteroatoms. The van der Waals surface area contributed by atoms with Crippen molar-refractivity contribution in [3.05, 3.63) is 60.2 Å². The van der Waals surface area contributed by atoms with Crippen LogP contribution in [0.25, 0.3) is 0 Å². The lowest BCUT2D eigenvalue weighted by Gasteiger charge is -2.12. The number of nitrogens with one attached hydrogen (secondary N) is 1. The number of benzene rings is 1. The standard InChI is InChI=1S/C14H13N3O2/c18-10-12(8-11-4-2-1-3-5-11)17-14(19)13-9-15-6-7-16-13/h1-7,9-10,12H,8H2,(H,17,19)/t12-/m0/s1. The Hall–Kier alpha value is -2.56. The fraction of sp³-hybridized carbons (Fsp3) is 0.143. The Labute approximate surface area is 110 Å². The number of aromatic nitrogens is 2. The maximum Gasteiger partial charge on any atom is 0.272 e. The molecule has 0 aliphatic rings. The third-order valence-electron chi connectivity index (χ3n) is 2.58. The predicted octanol–water partition coefficient (Wildman–Crippen LogP) is 1.02. The van der Waals surface area contributed by atoms with E-state index in [2.05, 4.69) is 15.3 Å². The predicted molar refractivity (Wildman–Crippen MR) is 69.5 cm³/mol. The van der Waals surface area contributed by atoms with Gasteiger partial charge in [0.25, 0.3) is 5.91 Å². The van der Waals surface area contributed by atoms with Crippen LogP contribution in [0, 0.1) is 0 Å². The van der Waals surface area contributed by atoms with Crippen LogP contribution in [-0.4, -0.2) is 28.2 Å². The van der Waals surface area contributed by atoms with Gasteiger partial charge in [-0.2, -0.15) is 0 Å². The molecule has 0 radical (unpaired) electrons. The van der Waals surface area contributed by atoms with Crippen molar-refractivity contribution >= 4 is 12.2 Å². The second-order valence-corrected chi connectivity index (χ2v) is 4.00. The van der Waals surface area contributed by atoms with Crippen molar-refractivity contribution in [2.45, 2.75) is 12.5 Å². The van der Waals surface area contributed by atoms with Crippen molar-refractivity contribution in [2.24, 2.45) is 0 Å². The molecule has 1 N–H and O–H groups in total. The van der Waals surface area contributed by atoms with E-state index in [1.54, 1.807) is 0 Å². The summed E-state index contributed by atoms with van der Waals surface area (Å²) >= 11 is 0. The van der Waals surface area contributed by atoms with Crippen LogP contribution in [0.4, 0.5) is 0 Å². The molecule has 2 aromatic rings. The molecule has 0 spiro atoms. The molecule has 1 aromatic heterocycles. The van der Waals surface area contributed by atoms with E-state index in [0.29, 0.717) is 6.42 Å². The van der Waals surface area contributed by atoms with E-state index in [1.807, 2.05) is 30.3 Å². The highest BCUT2D eigenvalue weighted by Gasteiger charge is 2.14. The van der Waals surface area contributed by atoms with Crippen molar-refractivity contribution in [3.8, 4) is 0 Å². The van der Waals surface area contributed by atoms with Crippen molar-refractivity contribution in [1.82, 2.24) is 15.3 Å². The summed E-state index contributed by atoms with van der Waals surface area (Å²) in [4.78, 5) is 30.6. The first-order valence-electron chi connectivity index (χ1n) is 5.85. The van der Waals surface area contributed by atoms with Crippen molar-refractivity contribution in [1.29, 1.82) is 0 Å². The van der Waals surface area contributed by atoms with Gasteiger partial charge in [-0.05, 0) is 12.0 Å². The van der Waals surface area contributed by atoms with Crippen molar-refractivity contribution in [2.75, 3.05) is 0 Å². The quantitative estimate of drug-likeness (QED) is 0.809. The van der Waals surface area contributed by atoms with E-state index in [0.717, 1.165) is 11.8 Å². The van der Waals surface area contributed by atoms with Crippen LogP contribution in [0.15, 0.2) is 48.9 Å². The van der Waals surface area contributed by atoms with E-state index >= 15 is 0 Å². The van der Waals surface area contributed by atoms with Crippen LogP contribution in [-0.2, 0) is 11.2 Å². The molecule has 5 nitrogen and oxygen atoms in total. The van der Waals surface area contributed by atoms with Gasteiger partial charge >= 0.3 is 0 Å². The molecule has 0 saturated heterocycles. The molecule has 0 aliphatic heterocycles. The Kier molecular flexibility index (Phi) is 4.34. The lowest BCUT2D eigenvalue weighted by molar-refractivity contribution is -0.109. The molecular weight excluding hydrogens is 242 g/mol. The smallest absolute Gasteiger partial charge is 0.272 e. The van der Waals surface area contributed by atoms with Crippen LogP contribution in [0.3, 0.4) is 0 Å². The van der Waals surface area contributed by atoms with Gasteiger partial charge in [-0.3, -0.25) is 9.78 Å². The molecule has 0 aliphatic carbocycles.